The summed E-state index contributed by atoms with van der Waals surface area (Å²) >= 11 is 4.55. The van der Waals surface area contributed by atoms with E-state index in [2.05, 4.69) is 30.6 Å². The van der Waals surface area contributed by atoms with E-state index in [1.54, 1.807) is 6.07 Å². The third-order valence-electron chi connectivity index (χ3n) is 2.44. The first-order valence-electron chi connectivity index (χ1n) is 5.78. The van der Waals surface area contributed by atoms with Gasteiger partial charge in [-0.05, 0) is 28.1 Å². The fourth-order valence-corrected chi connectivity index (χ4v) is 2.61. The molecule has 19 heavy (non-hydrogen) atoms. The van der Waals surface area contributed by atoms with Gasteiger partial charge in [0.05, 0.1) is 5.56 Å². The zero-order valence-corrected chi connectivity index (χ0v) is 13.3. The SMILES string of the molecule is CC(C)(C)c1nsc(NC(=O)c2ccccc2Br)n1. The molecule has 2 aromatic rings. The minimum Gasteiger partial charge on any atom is -0.297 e. The van der Waals surface area contributed by atoms with Crippen molar-refractivity contribution in [2.45, 2.75) is 26.2 Å². The second-order valence-corrected chi connectivity index (χ2v) is 6.71. The van der Waals surface area contributed by atoms with Crippen LogP contribution in [0.3, 0.4) is 0 Å². The van der Waals surface area contributed by atoms with Crippen LogP contribution >= 0.6 is 27.5 Å². The molecule has 0 saturated carbocycles. The predicted molar refractivity (Wildman–Crippen MR) is 80.7 cm³/mol. The number of carbonyl (C=O) groups excluding carboxylic acids is 1. The van der Waals surface area contributed by atoms with Gasteiger partial charge in [0, 0.05) is 21.4 Å². The van der Waals surface area contributed by atoms with Crippen molar-refractivity contribution < 1.29 is 4.79 Å². The molecule has 1 heterocycles. The van der Waals surface area contributed by atoms with Gasteiger partial charge in [0.15, 0.2) is 0 Å². The molecule has 1 amide bonds. The van der Waals surface area contributed by atoms with E-state index in [4.69, 9.17) is 0 Å². The standard InChI is InChI=1S/C13H14BrN3OS/c1-13(2,3)11-16-12(19-17-11)15-10(18)8-6-4-5-7-9(8)14/h4-7H,1-3H3,(H,15,16,17,18). The van der Waals surface area contributed by atoms with E-state index in [9.17, 15) is 4.79 Å². The summed E-state index contributed by atoms with van der Waals surface area (Å²) in [6, 6.07) is 7.27. The Balaban J connectivity index is 2.16. The van der Waals surface area contributed by atoms with Gasteiger partial charge in [-0.25, -0.2) is 4.98 Å². The molecular formula is C13H14BrN3OS. The van der Waals surface area contributed by atoms with Crippen molar-refractivity contribution >= 4 is 38.5 Å². The van der Waals surface area contributed by atoms with E-state index in [1.807, 2.05) is 39.0 Å². The van der Waals surface area contributed by atoms with Gasteiger partial charge < -0.3 is 0 Å². The van der Waals surface area contributed by atoms with Crippen LogP contribution in [-0.4, -0.2) is 15.3 Å². The molecule has 0 aliphatic heterocycles. The van der Waals surface area contributed by atoms with Crippen molar-refractivity contribution in [1.82, 2.24) is 9.36 Å². The Kier molecular flexibility index (Phi) is 4.01. The molecule has 1 aromatic heterocycles. The number of hydrogen-bond acceptors (Lipinski definition) is 4. The molecule has 4 nitrogen and oxygen atoms in total. The molecule has 0 radical (unpaired) electrons. The van der Waals surface area contributed by atoms with Crippen LogP contribution in [0.25, 0.3) is 0 Å². The van der Waals surface area contributed by atoms with Crippen LogP contribution in [0.15, 0.2) is 28.7 Å². The number of nitrogens with one attached hydrogen (secondary N) is 1. The van der Waals surface area contributed by atoms with Gasteiger partial charge in [-0.1, -0.05) is 32.9 Å². The van der Waals surface area contributed by atoms with Crippen LogP contribution in [0.4, 0.5) is 5.13 Å². The highest BCUT2D eigenvalue weighted by Crippen LogP contribution is 2.24. The summed E-state index contributed by atoms with van der Waals surface area (Å²) in [6.45, 7) is 6.11. The van der Waals surface area contributed by atoms with Gasteiger partial charge >= 0.3 is 0 Å². The number of carbonyl (C=O) groups is 1. The highest BCUT2D eigenvalue weighted by atomic mass is 79.9. The third kappa shape index (κ3) is 3.39. The maximum absolute atomic E-state index is 12.1. The molecule has 0 unspecified atom stereocenters. The number of aromatic nitrogens is 2. The van der Waals surface area contributed by atoms with Crippen molar-refractivity contribution in [3.63, 3.8) is 0 Å². The number of benzene rings is 1. The summed E-state index contributed by atoms with van der Waals surface area (Å²) in [5.74, 6) is 0.545. The number of rotatable bonds is 2. The summed E-state index contributed by atoms with van der Waals surface area (Å²) in [6.07, 6.45) is 0. The molecule has 0 aliphatic rings. The molecular weight excluding hydrogens is 326 g/mol. The van der Waals surface area contributed by atoms with Crippen LogP contribution in [0, 0.1) is 0 Å². The van der Waals surface area contributed by atoms with E-state index in [0.29, 0.717) is 10.7 Å². The van der Waals surface area contributed by atoms with Crippen molar-refractivity contribution in [3.8, 4) is 0 Å². The smallest absolute Gasteiger partial charge is 0.258 e. The second-order valence-electron chi connectivity index (χ2n) is 5.11. The first-order valence-corrected chi connectivity index (χ1v) is 7.34. The van der Waals surface area contributed by atoms with Crippen LogP contribution in [-0.2, 0) is 5.41 Å². The normalized spacial score (nSPS) is 11.4. The zero-order valence-electron chi connectivity index (χ0n) is 10.9. The maximum atomic E-state index is 12.1. The summed E-state index contributed by atoms with van der Waals surface area (Å²) in [4.78, 5) is 16.4. The number of hydrogen-bond donors (Lipinski definition) is 1. The molecule has 0 fully saturated rings. The largest absolute Gasteiger partial charge is 0.297 e. The summed E-state index contributed by atoms with van der Waals surface area (Å²) in [5.41, 5.74) is 0.460. The molecule has 6 heteroatoms. The van der Waals surface area contributed by atoms with Crippen molar-refractivity contribution in [2.24, 2.45) is 0 Å². The van der Waals surface area contributed by atoms with E-state index in [1.165, 1.54) is 11.5 Å². The van der Waals surface area contributed by atoms with Gasteiger partial charge in [-0.15, -0.1) is 0 Å². The highest BCUT2D eigenvalue weighted by Gasteiger charge is 2.20. The molecule has 0 aliphatic carbocycles. The lowest BCUT2D eigenvalue weighted by molar-refractivity contribution is 0.102. The quantitative estimate of drug-likeness (QED) is 0.903. The fourth-order valence-electron chi connectivity index (χ4n) is 1.39. The molecule has 1 aromatic carbocycles. The average molecular weight is 340 g/mol. The van der Waals surface area contributed by atoms with Gasteiger partial charge in [0.2, 0.25) is 5.13 Å². The lowest BCUT2D eigenvalue weighted by Crippen LogP contribution is -2.15. The molecule has 0 bridgehead atoms. The van der Waals surface area contributed by atoms with E-state index >= 15 is 0 Å². The fraction of sp³-hybridized carbons (Fsp3) is 0.308. The first kappa shape index (κ1) is 14.1. The van der Waals surface area contributed by atoms with E-state index in [-0.39, 0.29) is 11.3 Å². The highest BCUT2D eigenvalue weighted by molar-refractivity contribution is 9.10. The Labute approximate surface area is 124 Å². The van der Waals surface area contributed by atoms with Crippen LogP contribution in [0.1, 0.15) is 37.0 Å². The monoisotopic (exact) mass is 339 g/mol. The molecule has 0 atom stereocenters. The van der Waals surface area contributed by atoms with Crippen LogP contribution in [0.2, 0.25) is 0 Å². The Bertz CT molecular complexity index is 604. The molecule has 0 saturated heterocycles. The summed E-state index contributed by atoms with van der Waals surface area (Å²) in [5, 5.41) is 3.29. The number of amides is 1. The second kappa shape index (κ2) is 5.38. The van der Waals surface area contributed by atoms with Crippen LogP contribution in [0.5, 0.6) is 0 Å². The topological polar surface area (TPSA) is 54.9 Å². The molecule has 2 rings (SSSR count). The lowest BCUT2D eigenvalue weighted by Gasteiger charge is -2.12. The van der Waals surface area contributed by atoms with Gasteiger partial charge in [-0.2, -0.15) is 4.37 Å². The minimum atomic E-state index is -0.191. The van der Waals surface area contributed by atoms with Crippen molar-refractivity contribution in [2.75, 3.05) is 5.32 Å². The Hall–Kier alpha value is -1.27. The lowest BCUT2D eigenvalue weighted by atomic mass is 9.96. The van der Waals surface area contributed by atoms with E-state index < -0.39 is 0 Å². The van der Waals surface area contributed by atoms with Gasteiger partial charge in [-0.3, -0.25) is 10.1 Å². The molecule has 0 spiro atoms. The number of nitrogens with zero attached hydrogens (tertiary/aromatic N) is 2. The zero-order chi connectivity index (χ0) is 14.0. The molecule has 1 N–H and O–H groups in total. The average Bonchev–Trinajstić information content (AvgIpc) is 2.77. The van der Waals surface area contributed by atoms with E-state index in [0.717, 1.165) is 10.3 Å². The first-order chi connectivity index (χ1) is 8.88. The number of halogens is 1. The summed E-state index contributed by atoms with van der Waals surface area (Å²) < 4.78 is 5.02. The van der Waals surface area contributed by atoms with Gasteiger partial charge in [0.1, 0.15) is 5.82 Å². The Morgan fingerprint density at radius 3 is 2.58 bits per heavy atom. The van der Waals surface area contributed by atoms with Crippen molar-refractivity contribution in [3.05, 3.63) is 40.1 Å². The van der Waals surface area contributed by atoms with Gasteiger partial charge in [0.25, 0.3) is 5.91 Å². The Morgan fingerprint density at radius 1 is 1.32 bits per heavy atom. The van der Waals surface area contributed by atoms with Crippen molar-refractivity contribution in [1.29, 1.82) is 0 Å². The predicted octanol–water partition coefficient (Wildman–Crippen LogP) is 3.85. The minimum absolute atomic E-state index is 0.118. The van der Waals surface area contributed by atoms with Crippen LogP contribution < -0.4 is 5.32 Å². The number of anilines is 1. The Morgan fingerprint density at radius 2 is 2.00 bits per heavy atom. The maximum Gasteiger partial charge on any atom is 0.258 e. The third-order valence-corrected chi connectivity index (χ3v) is 3.76. The molecule has 100 valence electrons. The summed E-state index contributed by atoms with van der Waals surface area (Å²) in [7, 11) is 0.